The number of ether oxygens (including phenoxy) is 1. The number of rotatable bonds is 4. The third-order valence-corrected chi connectivity index (χ3v) is 5.38. The monoisotopic (exact) mass is 349 g/mol. The van der Waals surface area contributed by atoms with Crippen molar-refractivity contribution in [2.24, 2.45) is 0 Å². The van der Waals surface area contributed by atoms with Crippen LogP contribution in [0.3, 0.4) is 0 Å². The fraction of sp³-hybridized carbons (Fsp3) is 0.444. The van der Waals surface area contributed by atoms with Crippen molar-refractivity contribution in [2.75, 3.05) is 0 Å². The van der Waals surface area contributed by atoms with E-state index in [2.05, 4.69) is 5.32 Å². The largest absolute Gasteiger partial charge is 0.448 e. The Labute approximate surface area is 144 Å². The van der Waals surface area contributed by atoms with Crippen molar-refractivity contribution in [3.63, 3.8) is 0 Å². The van der Waals surface area contributed by atoms with E-state index in [0.717, 1.165) is 30.4 Å². The molecule has 1 fully saturated rings. The van der Waals surface area contributed by atoms with Crippen LogP contribution in [0.15, 0.2) is 24.3 Å². The zero-order chi connectivity index (χ0) is 17.1. The first-order valence-electron chi connectivity index (χ1n) is 8.23. The summed E-state index contributed by atoms with van der Waals surface area (Å²) in [6.07, 6.45) is 4.57. The van der Waals surface area contributed by atoms with E-state index in [9.17, 15) is 14.0 Å². The number of thiophene rings is 1. The average Bonchev–Trinajstić information content (AvgIpc) is 2.99. The van der Waals surface area contributed by atoms with Crippen LogP contribution in [0.25, 0.3) is 10.1 Å². The lowest BCUT2D eigenvalue weighted by Crippen LogP contribution is -2.42. The van der Waals surface area contributed by atoms with Gasteiger partial charge in [-0.1, -0.05) is 19.3 Å². The van der Waals surface area contributed by atoms with Crippen molar-refractivity contribution in [3.8, 4) is 0 Å². The number of amides is 1. The SMILES string of the molecule is C[C@@H](OC(=O)c1cc2cc(F)ccc2s1)C(=O)NC1CCCCC1. The molecule has 0 unspecified atom stereocenters. The van der Waals surface area contributed by atoms with Crippen molar-refractivity contribution in [1.29, 1.82) is 0 Å². The molecule has 1 saturated carbocycles. The molecule has 2 aromatic rings. The topological polar surface area (TPSA) is 55.4 Å². The number of hydrogen-bond donors (Lipinski definition) is 1. The van der Waals surface area contributed by atoms with E-state index < -0.39 is 12.1 Å². The van der Waals surface area contributed by atoms with E-state index in [1.54, 1.807) is 19.1 Å². The molecule has 0 saturated heterocycles. The summed E-state index contributed by atoms with van der Waals surface area (Å²) in [5.74, 6) is -1.16. The molecule has 1 aliphatic carbocycles. The first kappa shape index (κ1) is 16.9. The Morgan fingerprint density at radius 2 is 2.00 bits per heavy atom. The number of halogens is 1. The van der Waals surface area contributed by atoms with E-state index >= 15 is 0 Å². The summed E-state index contributed by atoms with van der Waals surface area (Å²) >= 11 is 1.23. The summed E-state index contributed by atoms with van der Waals surface area (Å²) in [6.45, 7) is 1.57. The second-order valence-corrected chi connectivity index (χ2v) is 7.27. The van der Waals surface area contributed by atoms with Crippen LogP contribution in [0.2, 0.25) is 0 Å². The maximum absolute atomic E-state index is 13.2. The van der Waals surface area contributed by atoms with Gasteiger partial charge in [-0.05, 0) is 49.4 Å². The number of esters is 1. The van der Waals surface area contributed by atoms with Crippen LogP contribution >= 0.6 is 11.3 Å². The predicted molar refractivity (Wildman–Crippen MR) is 91.7 cm³/mol. The molecule has 1 N–H and O–H groups in total. The Morgan fingerprint density at radius 3 is 2.75 bits per heavy atom. The number of fused-ring (bicyclic) bond motifs is 1. The lowest BCUT2D eigenvalue weighted by atomic mass is 9.95. The van der Waals surface area contributed by atoms with Crippen LogP contribution in [-0.2, 0) is 9.53 Å². The van der Waals surface area contributed by atoms with Gasteiger partial charge < -0.3 is 10.1 Å². The van der Waals surface area contributed by atoms with Crippen LogP contribution in [0.4, 0.5) is 4.39 Å². The average molecular weight is 349 g/mol. The number of hydrogen-bond acceptors (Lipinski definition) is 4. The summed E-state index contributed by atoms with van der Waals surface area (Å²) < 4.78 is 19.3. The summed E-state index contributed by atoms with van der Waals surface area (Å²) in [4.78, 5) is 24.7. The zero-order valence-electron chi connectivity index (χ0n) is 13.5. The van der Waals surface area contributed by atoms with Gasteiger partial charge >= 0.3 is 5.97 Å². The molecular formula is C18H20FNO3S. The lowest BCUT2D eigenvalue weighted by molar-refractivity contribution is -0.130. The Hall–Kier alpha value is -1.95. The van der Waals surface area contributed by atoms with E-state index in [0.29, 0.717) is 10.3 Å². The number of carbonyl (C=O) groups excluding carboxylic acids is 2. The maximum Gasteiger partial charge on any atom is 0.349 e. The molecule has 3 rings (SSSR count). The predicted octanol–water partition coefficient (Wildman–Crippen LogP) is 4.03. The van der Waals surface area contributed by atoms with Crippen molar-refractivity contribution in [1.82, 2.24) is 5.32 Å². The second kappa shape index (κ2) is 7.30. The molecule has 1 atom stereocenters. The highest BCUT2D eigenvalue weighted by atomic mass is 32.1. The standard InChI is InChI=1S/C18H20FNO3S/c1-11(17(21)20-14-5-3-2-4-6-14)23-18(22)16-10-12-9-13(19)7-8-15(12)24-16/h7-11,14H,2-6H2,1H3,(H,20,21)/t11-/m1/s1. The lowest BCUT2D eigenvalue weighted by Gasteiger charge is -2.24. The third kappa shape index (κ3) is 3.93. The molecule has 4 nitrogen and oxygen atoms in total. The molecule has 1 aromatic carbocycles. The highest BCUT2D eigenvalue weighted by molar-refractivity contribution is 7.20. The first-order chi connectivity index (χ1) is 11.5. The van der Waals surface area contributed by atoms with Gasteiger partial charge in [-0.15, -0.1) is 11.3 Å². The van der Waals surface area contributed by atoms with Gasteiger partial charge in [0.05, 0.1) is 0 Å². The third-order valence-electron chi connectivity index (χ3n) is 4.28. The van der Waals surface area contributed by atoms with Gasteiger partial charge in [0, 0.05) is 10.7 Å². The van der Waals surface area contributed by atoms with Crippen LogP contribution in [0.5, 0.6) is 0 Å². The Kier molecular flexibility index (Phi) is 5.14. The van der Waals surface area contributed by atoms with Crippen LogP contribution < -0.4 is 5.32 Å². The van der Waals surface area contributed by atoms with Gasteiger partial charge in [0.25, 0.3) is 5.91 Å². The van der Waals surface area contributed by atoms with E-state index in [1.807, 2.05) is 0 Å². The molecular weight excluding hydrogens is 329 g/mol. The molecule has 1 heterocycles. The molecule has 1 aromatic heterocycles. The number of benzene rings is 1. The minimum atomic E-state index is -0.846. The van der Waals surface area contributed by atoms with Gasteiger partial charge in [-0.2, -0.15) is 0 Å². The Balaban J connectivity index is 1.60. The summed E-state index contributed by atoms with van der Waals surface area (Å²) in [5.41, 5.74) is 0. The summed E-state index contributed by atoms with van der Waals surface area (Å²) in [6, 6.07) is 6.14. The maximum atomic E-state index is 13.2. The second-order valence-electron chi connectivity index (χ2n) is 6.18. The van der Waals surface area contributed by atoms with E-state index in [-0.39, 0.29) is 17.8 Å². The highest BCUT2D eigenvalue weighted by Gasteiger charge is 2.23. The quantitative estimate of drug-likeness (QED) is 0.848. The van der Waals surface area contributed by atoms with Gasteiger partial charge in [-0.25, -0.2) is 9.18 Å². The van der Waals surface area contributed by atoms with Crippen molar-refractivity contribution in [2.45, 2.75) is 51.2 Å². The molecule has 0 spiro atoms. The molecule has 6 heteroatoms. The first-order valence-corrected chi connectivity index (χ1v) is 9.05. The molecule has 1 aliphatic rings. The molecule has 128 valence electrons. The smallest absolute Gasteiger partial charge is 0.349 e. The highest BCUT2D eigenvalue weighted by Crippen LogP contribution is 2.27. The van der Waals surface area contributed by atoms with Gasteiger partial charge in [0.15, 0.2) is 6.10 Å². The van der Waals surface area contributed by atoms with Crippen molar-refractivity contribution >= 4 is 33.3 Å². The van der Waals surface area contributed by atoms with Crippen LogP contribution in [0.1, 0.15) is 48.7 Å². The van der Waals surface area contributed by atoms with E-state index in [1.165, 1.54) is 29.9 Å². The van der Waals surface area contributed by atoms with Crippen LogP contribution in [0, 0.1) is 5.82 Å². The number of carbonyl (C=O) groups is 2. The normalized spacial score (nSPS) is 16.8. The molecule has 1 amide bonds. The van der Waals surface area contributed by atoms with Gasteiger partial charge in [0.1, 0.15) is 10.7 Å². The summed E-state index contributed by atoms with van der Waals surface area (Å²) in [7, 11) is 0. The Bertz CT molecular complexity index is 752. The van der Waals surface area contributed by atoms with Crippen molar-refractivity contribution < 1.29 is 18.7 Å². The molecule has 0 radical (unpaired) electrons. The molecule has 0 aliphatic heterocycles. The van der Waals surface area contributed by atoms with Crippen LogP contribution in [-0.4, -0.2) is 24.0 Å². The minimum absolute atomic E-state index is 0.180. The number of nitrogens with one attached hydrogen (secondary N) is 1. The fourth-order valence-electron chi connectivity index (χ4n) is 2.95. The summed E-state index contributed by atoms with van der Waals surface area (Å²) in [5, 5.41) is 3.61. The molecule has 24 heavy (non-hydrogen) atoms. The van der Waals surface area contributed by atoms with Gasteiger partial charge in [-0.3, -0.25) is 4.79 Å². The van der Waals surface area contributed by atoms with Gasteiger partial charge in [0.2, 0.25) is 0 Å². The molecule has 0 bridgehead atoms. The zero-order valence-corrected chi connectivity index (χ0v) is 14.3. The fourth-order valence-corrected chi connectivity index (χ4v) is 3.88. The van der Waals surface area contributed by atoms with E-state index in [4.69, 9.17) is 4.74 Å². The van der Waals surface area contributed by atoms with Crippen molar-refractivity contribution in [3.05, 3.63) is 35.0 Å². The minimum Gasteiger partial charge on any atom is -0.448 e. The Morgan fingerprint density at radius 1 is 1.25 bits per heavy atom.